The molecule has 0 saturated heterocycles. The summed E-state index contributed by atoms with van der Waals surface area (Å²) in [5, 5.41) is 8.69. The predicted octanol–water partition coefficient (Wildman–Crippen LogP) is 1.07. The number of rotatable bonds is 5. The first-order chi connectivity index (χ1) is 7.57. The van der Waals surface area contributed by atoms with Crippen LogP contribution >= 0.6 is 0 Å². The van der Waals surface area contributed by atoms with Gasteiger partial charge in [0.05, 0.1) is 12.5 Å². The van der Waals surface area contributed by atoms with Crippen LogP contribution in [-0.4, -0.2) is 40.0 Å². The first-order valence-electron chi connectivity index (χ1n) is 5.86. The molecular weight excluding hydrogens is 220 g/mol. The summed E-state index contributed by atoms with van der Waals surface area (Å²) in [6, 6.07) is -0.581. The van der Waals surface area contributed by atoms with E-state index in [1.54, 1.807) is 4.90 Å². The zero-order valence-corrected chi connectivity index (χ0v) is 11.4. The Hall–Kier alpha value is -1.10. The van der Waals surface area contributed by atoms with Gasteiger partial charge in [-0.2, -0.15) is 0 Å². The van der Waals surface area contributed by atoms with Gasteiger partial charge in [-0.25, -0.2) is 0 Å². The Balaban J connectivity index is 4.81. The van der Waals surface area contributed by atoms with Crippen molar-refractivity contribution >= 4 is 11.9 Å². The molecule has 0 aliphatic rings. The lowest BCUT2D eigenvalue weighted by Gasteiger charge is -2.37. The van der Waals surface area contributed by atoms with Crippen molar-refractivity contribution in [2.45, 2.75) is 52.6 Å². The molecule has 17 heavy (non-hydrogen) atoms. The van der Waals surface area contributed by atoms with Crippen LogP contribution in [0.15, 0.2) is 0 Å². The van der Waals surface area contributed by atoms with Crippen LogP contribution < -0.4 is 5.73 Å². The van der Waals surface area contributed by atoms with E-state index in [0.717, 1.165) is 0 Å². The quantitative estimate of drug-likeness (QED) is 0.757. The van der Waals surface area contributed by atoms with Gasteiger partial charge in [-0.05, 0) is 26.7 Å². The summed E-state index contributed by atoms with van der Waals surface area (Å²) in [6.07, 6.45) is -0.0617. The number of nitrogens with zero attached hydrogens (tertiary/aromatic N) is 1. The van der Waals surface area contributed by atoms with E-state index in [9.17, 15) is 9.59 Å². The minimum absolute atomic E-state index is 0.0391. The zero-order chi connectivity index (χ0) is 13.8. The molecule has 0 aromatic heterocycles. The van der Waals surface area contributed by atoms with Gasteiger partial charge < -0.3 is 15.7 Å². The standard InChI is InChI=1S/C12H24N2O3/c1-8(2)10(13)11(17)14(12(3,4)5)7-6-9(15)16/h8,10H,6-7,13H2,1-5H3,(H,15,16)/t10-/m1/s1. The number of hydrogen-bond acceptors (Lipinski definition) is 3. The molecule has 0 fully saturated rings. The van der Waals surface area contributed by atoms with E-state index in [4.69, 9.17) is 10.8 Å². The fourth-order valence-corrected chi connectivity index (χ4v) is 1.45. The fraction of sp³-hybridized carbons (Fsp3) is 0.833. The average molecular weight is 244 g/mol. The van der Waals surface area contributed by atoms with Gasteiger partial charge in [-0.1, -0.05) is 13.8 Å². The molecule has 0 radical (unpaired) electrons. The maximum absolute atomic E-state index is 12.2. The van der Waals surface area contributed by atoms with Crippen LogP contribution in [0, 0.1) is 5.92 Å². The topological polar surface area (TPSA) is 83.6 Å². The number of carboxylic acid groups (broad SMARTS) is 1. The number of aliphatic carboxylic acids is 1. The maximum atomic E-state index is 12.2. The van der Waals surface area contributed by atoms with Gasteiger partial charge in [-0.15, -0.1) is 0 Å². The predicted molar refractivity (Wildman–Crippen MR) is 66.5 cm³/mol. The molecule has 0 spiro atoms. The Morgan fingerprint density at radius 3 is 2.06 bits per heavy atom. The van der Waals surface area contributed by atoms with Crippen molar-refractivity contribution in [1.82, 2.24) is 4.90 Å². The van der Waals surface area contributed by atoms with Crippen LogP contribution in [0.1, 0.15) is 41.0 Å². The number of carbonyl (C=O) groups is 2. The number of hydrogen-bond donors (Lipinski definition) is 2. The summed E-state index contributed by atoms with van der Waals surface area (Å²) in [7, 11) is 0. The van der Waals surface area contributed by atoms with Crippen LogP contribution in [0.25, 0.3) is 0 Å². The monoisotopic (exact) mass is 244 g/mol. The molecule has 0 heterocycles. The van der Waals surface area contributed by atoms with Crippen molar-refractivity contribution in [3.05, 3.63) is 0 Å². The molecule has 5 nitrogen and oxygen atoms in total. The summed E-state index contributed by atoms with van der Waals surface area (Å²) < 4.78 is 0. The molecule has 0 aliphatic carbocycles. The van der Waals surface area contributed by atoms with Gasteiger partial charge in [-0.3, -0.25) is 9.59 Å². The molecule has 1 amide bonds. The van der Waals surface area contributed by atoms with Crippen LogP contribution in [0.3, 0.4) is 0 Å². The van der Waals surface area contributed by atoms with Crippen molar-refractivity contribution < 1.29 is 14.7 Å². The number of carbonyl (C=O) groups excluding carboxylic acids is 1. The third kappa shape index (κ3) is 5.17. The van der Waals surface area contributed by atoms with Crippen molar-refractivity contribution in [2.24, 2.45) is 11.7 Å². The second kappa shape index (κ2) is 6.00. The number of nitrogens with two attached hydrogens (primary N) is 1. The first-order valence-corrected chi connectivity index (χ1v) is 5.86. The molecule has 0 saturated carbocycles. The molecule has 0 unspecified atom stereocenters. The fourth-order valence-electron chi connectivity index (χ4n) is 1.45. The highest BCUT2D eigenvalue weighted by atomic mass is 16.4. The van der Waals surface area contributed by atoms with Crippen molar-refractivity contribution in [3.8, 4) is 0 Å². The number of amides is 1. The first kappa shape index (κ1) is 15.9. The Morgan fingerprint density at radius 2 is 1.76 bits per heavy atom. The Labute approximate surface area is 103 Å². The molecule has 0 aromatic carbocycles. The van der Waals surface area contributed by atoms with Crippen molar-refractivity contribution in [2.75, 3.05) is 6.54 Å². The largest absolute Gasteiger partial charge is 0.481 e. The summed E-state index contributed by atoms with van der Waals surface area (Å²) >= 11 is 0. The molecule has 0 aromatic rings. The molecule has 0 bridgehead atoms. The van der Waals surface area contributed by atoms with E-state index in [0.29, 0.717) is 0 Å². The lowest BCUT2D eigenvalue weighted by Crippen LogP contribution is -2.54. The third-order valence-electron chi connectivity index (χ3n) is 2.63. The van der Waals surface area contributed by atoms with Gasteiger partial charge in [0, 0.05) is 12.1 Å². The van der Waals surface area contributed by atoms with Crippen molar-refractivity contribution in [3.63, 3.8) is 0 Å². The highest BCUT2D eigenvalue weighted by Gasteiger charge is 2.31. The normalized spacial score (nSPS) is 13.6. The lowest BCUT2D eigenvalue weighted by molar-refractivity contribution is -0.141. The minimum atomic E-state index is -0.912. The molecule has 100 valence electrons. The van der Waals surface area contributed by atoms with Gasteiger partial charge in [0.1, 0.15) is 0 Å². The van der Waals surface area contributed by atoms with Crippen LogP contribution in [-0.2, 0) is 9.59 Å². The summed E-state index contributed by atoms with van der Waals surface area (Å²) in [5.74, 6) is -1.06. The maximum Gasteiger partial charge on any atom is 0.305 e. The lowest BCUT2D eigenvalue weighted by atomic mass is 9.99. The molecule has 0 aliphatic heterocycles. The van der Waals surface area contributed by atoms with Crippen LogP contribution in [0.5, 0.6) is 0 Å². The van der Waals surface area contributed by atoms with E-state index in [-0.39, 0.29) is 24.8 Å². The molecular formula is C12H24N2O3. The highest BCUT2D eigenvalue weighted by molar-refractivity contribution is 5.83. The molecule has 0 rings (SSSR count). The van der Waals surface area contributed by atoms with Gasteiger partial charge in [0.15, 0.2) is 0 Å². The third-order valence-corrected chi connectivity index (χ3v) is 2.63. The van der Waals surface area contributed by atoms with Crippen LogP contribution in [0.2, 0.25) is 0 Å². The van der Waals surface area contributed by atoms with E-state index < -0.39 is 17.6 Å². The smallest absolute Gasteiger partial charge is 0.305 e. The van der Waals surface area contributed by atoms with Crippen LogP contribution in [0.4, 0.5) is 0 Å². The van der Waals surface area contributed by atoms with E-state index in [1.807, 2.05) is 34.6 Å². The second-order valence-electron chi connectivity index (χ2n) is 5.57. The highest BCUT2D eigenvalue weighted by Crippen LogP contribution is 2.16. The second-order valence-corrected chi connectivity index (χ2v) is 5.57. The Morgan fingerprint density at radius 1 is 1.29 bits per heavy atom. The summed E-state index contributed by atoms with van der Waals surface area (Å²) in [6.45, 7) is 9.57. The Kier molecular flexibility index (Phi) is 5.61. The van der Waals surface area contributed by atoms with Gasteiger partial charge >= 0.3 is 5.97 Å². The Bertz CT molecular complexity index is 282. The SMILES string of the molecule is CC(C)[C@@H](N)C(=O)N(CCC(=O)O)C(C)(C)C. The zero-order valence-electron chi connectivity index (χ0n) is 11.4. The van der Waals surface area contributed by atoms with E-state index >= 15 is 0 Å². The van der Waals surface area contributed by atoms with Crippen molar-refractivity contribution in [1.29, 1.82) is 0 Å². The van der Waals surface area contributed by atoms with Gasteiger partial charge in [0.2, 0.25) is 5.91 Å². The summed E-state index contributed by atoms with van der Waals surface area (Å²) in [4.78, 5) is 24.3. The van der Waals surface area contributed by atoms with Gasteiger partial charge in [0.25, 0.3) is 0 Å². The molecule has 5 heteroatoms. The average Bonchev–Trinajstić information content (AvgIpc) is 2.13. The molecule has 1 atom stereocenters. The molecule has 3 N–H and O–H groups in total. The summed E-state index contributed by atoms with van der Waals surface area (Å²) in [5.41, 5.74) is 5.41. The van der Waals surface area contributed by atoms with E-state index in [1.165, 1.54) is 0 Å². The number of carboxylic acids is 1. The minimum Gasteiger partial charge on any atom is -0.481 e. The van der Waals surface area contributed by atoms with E-state index in [2.05, 4.69) is 0 Å².